The van der Waals surface area contributed by atoms with Crippen molar-refractivity contribution in [3.8, 4) is 0 Å². The molecule has 0 amide bonds. The first kappa shape index (κ1) is 16.9. The maximum Gasteiger partial charge on any atom is 0.0798 e. The maximum absolute atomic E-state index is 11.0. The van der Waals surface area contributed by atoms with Gasteiger partial charge in [-0.05, 0) is 43.2 Å². The lowest BCUT2D eigenvalue weighted by Crippen LogP contribution is -2.53. The van der Waals surface area contributed by atoms with Crippen LogP contribution in [0.2, 0.25) is 0 Å². The Bertz CT molecular complexity index is 492. The molecule has 2 aliphatic rings. The summed E-state index contributed by atoms with van der Waals surface area (Å²) in [6.45, 7) is 10.9. The second-order valence-corrected chi connectivity index (χ2v) is 8.46. The van der Waals surface area contributed by atoms with Crippen molar-refractivity contribution in [2.75, 3.05) is 32.7 Å². The molecule has 1 aromatic carbocycles. The summed E-state index contributed by atoms with van der Waals surface area (Å²) >= 11 is 0. The van der Waals surface area contributed by atoms with Gasteiger partial charge in [0.05, 0.1) is 5.60 Å². The van der Waals surface area contributed by atoms with E-state index in [9.17, 15) is 5.11 Å². The number of hydrogen-bond donors (Lipinski definition) is 1. The average Bonchev–Trinajstić information content (AvgIpc) is 2.50. The molecule has 2 fully saturated rings. The van der Waals surface area contributed by atoms with Crippen molar-refractivity contribution in [3.05, 3.63) is 35.9 Å². The lowest BCUT2D eigenvalue weighted by atomic mass is 9.82. The molecule has 128 valence electrons. The van der Waals surface area contributed by atoms with Crippen molar-refractivity contribution in [3.63, 3.8) is 0 Å². The predicted molar refractivity (Wildman–Crippen MR) is 95.4 cm³/mol. The molecule has 0 saturated carbocycles. The highest BCUT2D eigenvalue weighted by molar-refractivity contribution is 5.14. The van der Waals surface area contributed by atoms with Gasteiger partial charge >= 0.3 is 0 Å². The van der Waals surface area contributed by atoms with E-state index in [1.807, 2.05) is 0 Å². The van der Waals surface area contributed by atoms with E-state index in [4.69, 9.17) is 0 Å². The van der Waals surface area contributed by atoms with E-state index in [1.54, 1.807) is 0 Å². The largest absolute Gasteiger partial charge is 0.388 e. The third-order valence-corrected chi connectivity index (χ3v) is 5.53. The second kappa shape index (κ2) is 6.92. The van der Waals surface area contributed by atoms with Crippen LogP contribution in [0.4, 0.5) is 0 Å². The van der Waals surface area contributed by atoms with E-state index in [0.717, 1.165) is 52.1 Å². The van der Waals surface area contributed by atoms with Crippen LogP contribution in [0.15, 0.2) is 30.3 Å². The van der Waals surface area contributed by atoms with Crippen LogP contribution in [0, 0.1) is 5.41 Å². The fraction of sp³-hybridized carbons (Fsp3) is 0.700. The van der Waals surface area contributed by atoms with E-state index < -0.39 is 5.60 Å². The summed E-state index contributed by atoms with van der Waals surface area (Å²) in [5, 5.41) is 11.0. The first-order chi connectivity index (χ1) is 10.9. The summed E-state index contributed by atoms with van der Waals surface area (Å²) in [5.74, 6) is 0. The molecule has 0 atom stereocenters. The Morgan fingerprint density at radius 2 is 1.65 bits per heavy atom. The summed E-state index contributed by atoms with van der Waals surface area (Å²) in [6, 6.07) is 10.7. The molecule has 0 aliphatic carbocycles. The van der Waals surface area contributed by atoms with Gasteiger partial charge in [0, 0.05) is 32.7 Å². The van der Waals surface area contributed by atoms with Crippen LogP contribution in [0.3, 0.4) is 0 Å². The van der Waals surface area contributed by atoms with Crippen LogP contribution in [-0.4, -0.2) is 53.2 Å². The van der Waals surface area contributed by atoms with Gasteiger partial charge in [0.2, 0.25) is 0 Å². The number of nitrogens with zero attached hydrogens (tertiary/aromatic N) is 2. The lowest BCUT2D eigenvalue weighted by Gasteiger charge is -2.45. The number of hydrogen-bond acceptors (Lipinski definition) is 3. The Kier molecular flexibility index (Phi) is 5.10. The van der Waals surface area contributed by atoms with Crippen LogP contribution < -0.4 is 0 Å². The lowest BCUT2D eigenvalue weighted by molar-refractivity contribution is -0.0579. The molecule has 0 radical (unpaired) electrons. The smallest absolute Gasteiger partial charge is 0.0798 e. The number of benzene rings is 1. The van der Waals surface area contributed by atoms with Crippen molar-refractivity contribution in [1.29, 1.82) is 0 Å². The predicted octanol–water partition coefficient (Wildman–Crippen LogP) is 3.14. The van der Waals surface area contributed by atoms with E-state index in [2.05, 4.69) is 54.0 Å². The fourth-order valence-corrected chi connectivity index (χ4v) is 4.22. The molecule has 3 nitrogen and oxygen atoms in total. The summed E-state index contributed by atoms with van der Waals surface area (Å²) in [5.41, 5.74) is 1.29. The van der Waals surface area contributed by atoms with Gasteiger partial charge < -0.3 is 5.11 Å². The molecule has 2 heterocycles. The van der Waals surface area contributed by atoms with Crippen molar-refractivity contribution < 1.29 is 5.11 Å². The highest BCUT2D eigenvalue weighted by Gasteiger charge is 2.36. The molecule has 2 aliphatic heterocycles. The van der Waals surface area contributed by atoms with Crippen LogP contribution in [-0.2, 0) is 6.54 Å². The fourth-order valence-electron chi connectivity index (χ4n) is 4.22. The minimum Gasteiger partial charge on any atom is -0.388 e. The number of aliphatic hydroxyl groups is 1. The Balaban J connectivity index is 1.49. The normalized spacial score (nSPS) is 25.3. The van der Waals surface area contributed by atoms with Crippen molar-refractivity contribution in [2.45, 2.75) is 51.7 Å². The molecular formula is C20H32N2O. The van der Waals surface area contributed by atoms with Gasteiger partial charge in [-0.2, -0.15) is 0 Å². The molecule has 23 heavy (non-hydrogen) atoms. The Morgan fingerprint density at radius 1 is 0.957 bits per heavy atom. The number of piperidine rings is 2. The zero-order valence-electron chi connectivity index (χ0n) is 14.8. The van der Waals surface area contributed by atoms with Gasteiger partial charge in [0.15, 0.2) is 0 Å². The number of likely N-dealkylation sites (tertiary alicyclic amines) is 2. The Labute approximate surface area is 141 Å². The van der Waals surface area contributed by atoms with Crippen LogP contribution in [0.5, 0.6) is 0 Å². The second-order valence-electron chi connectivity index (χ2n) is 8.46. The van der Waals surface area contributed by atoms with Crippen molar-refractivity contribution in [2.24, 2.45) is 5.41 Å². The summed E-state index contributed by atoms with van der Waals surface area (Å²) < 4.78 is 0. The van der Waals surface area contributed by atoms with E-state index in [0.29, 0.717) is 5.41 Å². The van der Waals surface area contributed by atoms with Crippen LogP contribution in [0.1, 0.15) is 45.1 Å². The van der Waals surface area contributed by atoms with E-state index in [1.165, 1.54) is 18.4 Å². The van der Waals surface area contributed by atoms with Gasteiger partial charge in [0.25, 0.3) is 0 Å². The van der Waals surface area contributed by atoms with Gasteiger partial charge in [0.1, 0.15) is 0 Å². The quantitative estimate of drug-likeness (QED) is 0.924. The first-order valence-corrected chi connectivity index (χ1v) is 9.15. The van der Waals surface area contributed by atoms with E-state index in [-0.39, 0.29) is 0 Å². The Hall–Kier alpha value is -0.900. The average molecular weight is 316 g/mol. The summed E-state index contributed by atoms with van der Waals surface area (Å²) in [6.07, 6.45) is 4.38. The minimum atomic E-state index is -0.486. The zero-order valence-corrected chi connectivity index (χ0v) is 14.8. The zero-order chi connectivity index (χ0) is 16.3. The topological polar surface area (TPSA) is 26.7 Å². The number of rotatable bonds is 4. The molecule has 0 bridgehead atoms. The molecule has 1 aromatic rings. The standard InChI is InChI=1S/C20H32N2O/c1-19(2)9-6-12-22(16-19)17-20(23)10-13-21(14-11-20)15-18-7-4-3-5-8-18/h3-5,7-8,23H,6,9-17H2,1-2H3. The molecule has 1 N–H and O–H groups in total. The van der Waals surface area contributed by atoms with Gasteiger partial charge in [-0.15, -0.1) is 0 Å². The van der Waals surface area contributed by atoms with Crippen molar-refractivity contribution >= 4 is 0 Å². The summed E-state index contributed by atoms with van der Waals surface area (Å²) in [7, 11) is 0. The molecule has 0 spiro atoms. The molecule has 3 heteroatoms. The third kappa shape index (κ3) is 4.79. The maximum atomic E-state index is 11.0. The third-order valence-electron chi connectivity index (χ3n) is 5.53. The van der Waals surface area contributed by atoms with Crippen LogP contribution in [0.25, 0.3) is 0 Å². The van der Waals surface area contributed by atoms with Gasteiger partial charge in [-0.1, -0.05) is 44.2 Å². The SMILES string of the molecule is CC1(C)CCCN(CC2(O)CCN(Cc3ccccc3)CC2)C1. The molecule has 0 unspecified atom stereocenters. The van der Waals surface area contributed by atoms with Crippen LogP contribution >= 0.6 is 0 Å². The van der Waals surface area contributed by atoms with E-state index >= 15 is 0 Å². The van der Waals surface area contributed by atoms with Gasteiger partial charge in [-0.3, -0.25) is 9.80 Å². The molecule has 0 aromatic heterocycles. The summed E-state index contributed by atoms with van der Waals surface area (Å²) in [4.78, 5) is 4.97. The first-order valence-electron chi connectivity index (χ1n) is 9.15. The molecule has 2 saturated heterocycles. The molecule has 3 rings (SSSR count). The highest BCUT2D eigenvalue weighted by atomic mass is 16.3. The minimum absolute atomic E-state index is 0.405. The Morgan fingerprint density at radius 3 is 2.30 bits per heavy atom. The molecular weight excluding hydrogens is 284 g/mol. The highest BCUT2D eigenvalue weighted by Crippen LogP contribution is 2.31. The van der Waals surface area contributed by atoms with Crippen molar-refractivity contribution in [1.82, 2.24) is 9.80 Å². The van der Waals surface area contributed by atoms with Gasteiger partial charge in [-0.25, -0.2) is 0 Å². The monoisotopic (exact) mass is 316 g/mol. The number of β-amino-alcohol motifs (C(OH)–C–C–N with tert-alkyl or cyclic N) is 1.